The van der Waals surface area contributed by atoms with Crippen LogP contribution in [0, 0.1) is 5.92 Å². The van der Waals surface area contributed by atoms with Crippen LogP contribution < -0.4 is 16.2 Å². The van der Waals surface area contributed by atoms with E-state index in [9.17, 15) is 14.4 Å². The first-order valence-corrected chi connectivity index (χ1v) is 7.85. The molecule has 0 spiro atoms. The van der Waals surface area contributed by atoms with Crippen molar-refractivity contribution in [2.45, 2.75) is 19.4 Å². The number of anilines is 2. The molecule has 1 aliphatic rings. The number of methoxy groups -OCH3 is 1. The molecule has 1 aliphatic heterocycles. The van der Waals surface area contributed by atoms with Crippen molar-refractivity contribution < 1.29 is 14.3 Å². The number of esters is 1. The van der Waals surface area contributed by atoms with E-state index in [0.717, 1.165) is 5.56 Å². The van der Waals surface area contributed by atoms with Crippen molar-refractivity contribution in [1.29, 1.82) is 0 Å². The second-order valence-corrected chi connectivity index (χ2v) is 5.75. The minimum Gasteiger partial charge on any atom is -0.469 e. The van der Waals surface area contributed by atoms with Crippen LogP contribution in [0.3, 0.4) is 0 Å². The summed E-state index contributed by atoms with van der Waals surface area (Å²) in [5.41, 5.74) is 1.05. The van der Waals surface area contributed by atoms with E-state index in [-0.39, 0.29) is 36.1 Å². The Balaban J connectivity index is 1.76. The highest BCUT2D eigenvalue weighted by Gasteiger charge is 2.31. The van der Waals surface area contributed by atoms with Crippen LogP contribution in [-0.2, 0) is 27.3 Å². The molecule has 0 saturated heterocycles. The van der Waals surface area contributed by atoms with Crippen LogP contribution >= 0.6 is 0 Å². The molecule has 25 heavy (non-hydrogen) atoms. The predicted molar refractivity (Wildman–Crippen MR) is 91.1 cm³/mol. The molecule has 1 unspecified atom stereocenters. The summed E-state index contributed by atoms with van der Waals surface area (Å²) in [7, 11) is 1.26. The molecule has 1 atom stereocenters. The molecule has 1 aromatic carbocycles. The average molecular weight is 342 g/mol. The minimum absolute atomic E-state index is 0.0742. The van der Waals surface area contributed by atoms with Gasteiger partial charge in [0, 0.05) is 6.54 Å². The Morgan fingerprint density at radius 3 is 2.80 bits per heavy atom. The Labute approximate surface area is 143 Å². The van der Waals surface area contributed by atoms with Gasteiger partial charge < -0.3 is 15.4 Å². The van der Waals surface area contributed by atoms with Crippen molar-refractivity contribution in [2.75, 3.05) is 17.7 Å². The molecule has 2 heterocycles. The molecular formula is C17H18N4O4. The smallest absolute Gasteiger partial charge is 0.306 e. The highest BCUT2D eigenvalue weighted by molar-refractivity contribution is 5.96. The van der Waals surface area contributed by atoms with E-state index in [0.29, 0.717) is 12.1 Å². The van der Waals surface area contributed by atoms with Crippen molar-refractivity contribution in [3.8, 4) is 0 Å². The fourth-order valence-electron chi connectivity index (χ4n) is 2.66. The Bertz CT molecular complexity index is 847. The number of amides is 1. The number of nitrogens with zero attached hydrogens (tertiary/aromatic N) is 1. The highest BCUT2D eigenvalue weighted by Crippen LogP contribution is 2.24. The molecule has 0 saturated carbocycles. The zero-order valence-corrected chi connectivity index (χ0v) is 13.7. The van der Waals surface area contributed by atoms with Crippen molar-refractivity contribution in [2.24, 2.45) is 5.92 Å². The summed E-state index contributed by atoms with van der Waals surface area (Å²) in [5, 5.41) is 5.63. The van der Waals surface area contributed by atoms with Gasteiger partial charge in [0.15, 0.2) is 0 Å². The summed E-state index contributed by atoms with van der Waals surface area (Å²) in [6, 6.07) is 9.65. The average Bonchev–Trinajstić information content (AvgIpc) is 2.62. The number of hydrogen-bond acceptors (Lipinski definition) is 6. The van der Waals surface area contributed by atoms with E-state index in [1.807, 2.05) is 30.3 Å². The second kappa shape index (κ2) is 7.16. The summed E-state index contributed by atoms with van der Waals surface area (Å²) < 4.78 is 4.58. The standard InChI is InChI=1S/C17H18N4O4/c1-25-13(22)8-11-7-12-14(19-15(11)23)20-17(21-16(12)24)18-9-10-5-3-2-4-6-10/h2-6,11H,7-9H2,1H3,(H3,18,19,20,21,23,24). The van der Waals surface area contributed by atoms with Gasteiger partial charge in [-0.2, -0.15) is 4.98 Å². The molecule has 2 aromatic rings. The third-order valence-corrected chi connectivity index (χ3v) is 4.02. The number of H-pyrrole nitrogens is 1. The van der Waals surface area contributed by atoms with E-state index in [1.54, 1.807) is 0 Å². The van der Waals surface area contributed by atoms with Crippen LogP contribution in [0.25, 0.3) is 0 Å². The lowest BCUT2D eigenvalue weighted by Gasteiger charge is -2.22. The van der Waals surface area contributed by atoms with E-state index in [2.05, 4.69) is 25.3 Å². The topological polar surface area (TPSA) is 113 Å². The second-order valence-electron chi connectivity index (χ2n) is 5.75. The molecule has 8 heteroatoms. The number of carbonyl (C=O) groups excluding carboxylic acids is 2. The van der Waals surface area contributed by atoms with E-state index in [1.165, 1.54) is 7.11 Å². The van der Waals surface area contributed by atoms with E-state index in [4.69, 9.17) is 0 Å². The largest absolute Gasteiger partial charge is 0.469 e. The number of carbonyl (C=O) groups is 2. The minimum atomic E-state index is -0.633. The molecule has 3 N–H and O–H groups in total. The molecular weight excluding hydrogens is 324 g/mol. The van der Waals surface area contributed by atoms with Crippen LogP contribution in [0.1, 0.15) is 17.5 Å². The SMILES string of the molecule is COC(=O)CC1Cc2c(nc(NCc3ccccc3)[nH]c2=O)NC1=O. The summed E-state index contributed by atoms with van der Waals surface area (Å²) in [6.45, 7) is 0.488. The fraction of sp³-hybridized carbons (Fsp3) is 0.294. The van der Waals surface area contributed by atoms with Crippen LogP contribution in [0.15, 0.2) is 35.1 Å². The molecule has 0 aliphatic carbocycles. The molecule has 1 aromatic heterocycles. The Hall–Kier alpha value is -3.16. The van der Waals surface area contributed by atoms with Gasteiger partial charge in [-0.05, 0) is 12.0 Å². The third-order valence-electron chi connectivity index (χ3n) is 4.02. The number of rotatable bonds is 5. The maximum atomic E-state index is 12.3. The van der Waals surface area contributed by atoms with Crippen LogP contribution in [-0.4, -0.2) is 29.0 Å². The zero-order valence-electron chi connectivity index (χ0n) is 13.7. The first-order valence-electron chi connectivity index (χ1n) is 7.85. The van der Waals surface area contributed by atoms with Crippen molar-refractivity contribution >= 4 is 23.6 Å². The van der Waals surface area contributed by atoms with Gasteiger partial charge in [0.1, 0.15) is 5.82 Å². The first kappa shape index (κ1) is 16.7. The predicted octanol–water partition coefficient (Wildman–Crippen LogP) is 1.06. The molecule has 0 radical (unpaired) electrons. The quantitative estimate of drug-likeness (QED) is 0.700. The maximum absolute atomic E-state index is 12.3. The molecule has 3 rings (SSSR count). The summed E-state index contributed by atoms with van der Waals surface area (Å²) in [5.74, 6) is -0.963. The molecule has 0 bridgehead atoms. The summed E-state index contributed by atoms with van der Waals surface area (Å²) >= 11 is 0. The number of nitrogens with one attached hydrogen (secondary N) is 3. The normalized spacial score (nSPS) is 15.9. The molecule has 8 nitrogen and oxygen atoms in total. The van der Waals surface area contributed by atoms with Crippen LogP contribution in [0.2, 0.25) is 0 Å². The zero-order chi connectivity index (χ0) is 17.8. The lowest BCUT2D eigenvalue weighted by Crippen LogP contribution is -2.36. The lowest BCUT2D eigenvalue weighted by molar-refractivity contribution is -0.143. The molecule has 130 valence electrons. The maximum Gasteiger partial charge on any atom is 0.306 e. The highest BCUT2D eigenvalue weighted by atomic mass is 16.5. The summed E-state index contributed by atoms with van der Waals surface area (Å²) in [6.07, 6.45) is 0.0762. The van der Waals surface area contributed by atoms with Crippen molar-refractivity contribution in [1.82, 2.24) is 9.97 Å². The van der Waals surface area contributed by atoms with Gasteiger partial charge in [-0.1, -0.05) is 30.3 Å². The third kappa shape index (κ3) is 3.85. The number of hydrogen-bond donors (Lipinski definition) is 3. The monoisotopic (exact) mass is 342 g/mol. The number of fused-ring (bicyclic) bond motifs is 1. The van der Waals surface area contributed by atoms with Gasteiger partial charge in [0.05, 0.1) is 25.0 Å². The van der Waals surface area contributed by atoms with Gasteiger partial charge in [-0.3, -0.25) is 19.4 Å². The van der Waals surface area contributed by atoms with E-state index >= 15 is 0 Å². The van der Waals surface area contributed by atoms with Crippen LogP contribution in [0.5, 0.6) is 0 Å². The first-order chi connectivity index (χ1) is 12.1. The van der Waals surface area contributed by atoms with Gasteiger partial charge in [0.25, 0.3) is 5.56 Å². The van der Waals surface area contributed by atoms with Crippen molar-refractivity contribution in [3.05, 3.63) is 51.8 Å². The number of benzene rings is 1. The number of ether oxygens (including phenoxy) is 1. The number of aromatic nitrogens is 2. The Kier molecular flexibility index (Phi) is 4.78. The van der Waals surface area contributed by atoms with Gasteiger partial charge in [0.2, 0.25) is 11.9 Å². The van der Waals surface area contributed by atoms with Gasteiger partial charge in [-0.25, -0.2) is 0 Å². The number of aromatic amines is 1. The van der Waals surface area contributed by atoms with Crippen molar-refractivity contribution in [3.63, 3.8) is 0 Å². The van der Waals surface area contributed by atoms with Gasteiger partial charge >= 0.3 is 5.97 Å². The molecule has 1 amide bonds. The van der Waals surface area contributed by atoms with Gasteiger partial charge in [-0.15, -0.1) is 0 Å². The Morgan fingerprint density at radius 1 is 1.32 bits per heavy atom. The fourth-order valence-corrected chi connectivity index (χ4v) is 2.66. The summed E-state index contributed by atoms with van der Waals surface area (Å²) in [4.78, 5) is 42.7. The van der Waals surface area contributed by atoms with E-state index < -0.39 is 11.9 Å². The lowest BCUT2D eigenvalue weighted by atomic mass is 9.93. The molecule has 0 fully saturated rings. The van der Waals surface area contributed by atoms with Crippen LogP contribution in [0.4, 0.5) is 11.8 Å². The Morgan fingerprint density at radius 2 is 2.08 bits per heavy atom.